The molecule has 0 fully saturated rings. The van der Waals surface area contributed by atoms with Crippen molar-refractivity contribution >= 4 is 11.6 Å². The van der Waals surface area contributed by atoms with Crippen LogP contribution in [-0.2, 0) is 11.8 Å². The molecule has 0 saturated heterocycles. The molecule has 0 atom stereocenters. The van der Waals surface area contributed by atoms with Gasteiger partial charge in [-0.15, -0.1) is 0 Å². The highest BCUT2D eigenvalue weighted by molar-refractivity contribution is 5.97. The minimum absolute atomic E-state index is 0.136. The zero-order valence-electron chi connectivity index (χ0n) is 11.7. The summed E-state index contributed by atoms with van der Waals surface area (Å²) < 4.78 is 6.94. The van der Waals surface area contributed by atoms with Gasteiger partial charge in [-0.2, -0.15) is 5.10 Å². The number of carbonyl (C=O) groups is 1. The number of amides is 1. The van der Waals surface area contributed by atoms with E-state index in [0.29, 0.717) is 30.2 Å². The largest absolute Gasteiger partial charge is 0.395 e. The number of nitrogens with two attached hydrogens (primary N) is 1. The Labute approximate surface area is 108 Å². The van der Waals surface area contributed by atoms with Gasteiger partial charge in [0.25, 0.3) is 5.91 Å². The maximum Gasteiger partial charge on any atom is 0.274 e. The summed E-state index contributed by atoms with van der Waals surface area (Å²) in [6.45, 7) is 6.75. The molecule has 2 N–H and O–H groups in total. The Morgan fingerprint density at radius 2 is 2.17 bits per heavy atom. The molecule has 1 rings (SSSR count). The summed E-state index contributed by atoms with van der Waals surface area (Å²) in [7, 11) is 3.45. The first-order valence-electron chi connectivity index (χ1n) is 6.00. The molecule has 0 bridgehead atoms. The van der Waals surface area contributed by atoms with Crippen molar-refractivity contribution in [3.05, 3.63) is 11.4 Å². The second-order valence-electron chi connectivity index (χ2n) is 4.62. The van der Waals surface area contributed by atoms with Crippen molar-refractivity contribution in [1.29, 1.82) is 0 Å². The SMILES string of the molecule is Cc1nn(C)c(C(=O)N(C)CCOC(C)C)c1N. The van der Waals surface area contributed by atoms with E-state index in [0.717, 1.165) is 0 Å². The second-order valence-corrected chi connectivity index (χ2v) is 4.62. The minimum Gasteiger partial charge on any atom is -0.395 e. The summed E-state index contributed by atoms with van der Waals surface area (Å²) in [4.78, 5) is 13.8. The number of likely N-dealkylation sites (N-methyl/N-ethyl adjacent to an activating group) is 1. The van der Waals surface area contributed by atoms with Gasteiger partial charge >= 0.3 is 0 Å². The number of aromatic nitrogens is 2. The molecule has 0 aliphatic heterocycles. The van der Waals surface area contributed by atoms with E-state index in [1.54, 1.807) is 25.9 Å². The van der Waals surface area contributed by atoms with E-state index in [2.05, 4.69) is 5.10 Å². The predicted molar refractivity (Wildman–Crippen MR) is 70.4 cm³/mol. The Morgan fingerprint density at radius 3 is 2.61 bits per heavy atom. The van der Waals surface area contributed by atoms with Gasteiger partial charge in [-0.3, -0.25) is 9.48 Å². The van der Waals surface area contributed by atoms with E-state index in [9.17, 15) is 4.79 Å². The lowest BCUT2D eigenvalue weighted by atomic mass is 10.3. The van der Waals surface area contributed by atoms with Gasteiger partial charge in [0.2, 0.25) is 0 Å². The number of carbonyl (C=O) groups excluding carboxylic acids is 1. The van der Waals surface area contributed by atoms with Gasteiger partial charge in [0.15, 0.2) is 0 Å². The van der Waals surface area contributed by atoms with Crippen LogP contribution in [0.1, 0.15) is 30.0 Å². The van der Waals surface area contributed by atoms with Crippen molar-refractivity contribution in [3.8, 4) is 0 Å². The van der Waals surface area contributed by atoms with Crippen LogP contribution in [-0.4, -0.2) is 46.9 Å². The summed E-state index contributed by atoms with van der Waals surface area (Å²) in [6, 6.07) is 0. The van der Waals surface area contributed by atoms with Gasteiger partial charge < -0.3 is 15.4 Å². The molecule has 1 aromatic heterocycles. The lowest BCUT2D eigenvalue weighted by Crippen LogP contribution is -2.32. The average molecular weight is 254 g/mol. The van der Waals surface area contributed by atoms with E-state index < -0.39 is 0 Å². The maximum absolute atomic E-state index is 12.2. The van der Waals surface area contributed by atoms with E-state index >= 15 is 0 Å². The highest BCUT2D eigenvalue weighted by atomic mass is 16.5. The van der Waals surface area contributed by atoms with Crippen molar-refractivity contribution in [3.63, 3.8) is 0 Å². The fraction of sp³-hybridized carbons (Fsp3) is 0.667. The van der Waals surface area contributed by atoms with E-state index in [1.807, 2.05) is 13.8 Å². The first kappa shape index (κ1) is 14.5. The summed E-state index contributed by atoms with van der Waals surface area (Å²) >= 11 is 0. The van der Waals surface area contributed by atoms with Crippen LogP contribution in [0.5, 0.6) is 0 Å². The quantitative estimate of drug-likeness (QED) is 0.843. The van der Waals surface area contributed by atoms with Crippen LogP contribution in [0.15, 0.2) is 0 Å². The van der Waals surface area contributed by atoms with Gasteiger partial charge in [-0.1, -0.05) is 0 Å². The number of anilines is 1. The molecule has 1 amide bonds. The second kappa shape index (κ2) is 5.86. The van der Waals surface area contributed by atoms with Crippen LogP contribution in [0.25, 0.3) is 0 Å². The number of nitrogen functional groups attached to an aromatic ring is 1. The van der Waals surface area contributed by atoms with Crippen molar-refractivity contribution < 1.29 is 9.53 Å². The molecular formula is C12H22N4O2. The number of ether oxygens (including phenoxy) is 1. The molecule has 6 nitrogen and oxygen atoms in total. The van der Waals surface area contributed by atoms with Crippen molar-refractivity contribution in [2.75, 3.05) is 25.9 Å². The molecule has 6 heteroatoms. The molecule has 18 heavy (non-hydrogen) atoms. The number of hydrogen-bond acceptors (Lipinski definition) is 4. The Bertz CT molecular complexity index is 426. The van der Waals surface area contributed by atoms with Crippen LogP contribution in [0.4, 0.5) is 5.69 Å². The maximum atomic E-state index is 12.2. The fourth-order valence-corrected chi connectivity index (χ4v) is 1.64. The number of aryl methyl sites for hydroxylation is 2. The lowest BCUT2D eigenvalue weighted by molar-refractivity contribution is 0.0527. The molecule has 1 aromatic rings. The molecule has 0 aliphatic rings. The van der Waals surface area contributed by atoms with Crippen molar-refractivity contribution in [2.45, 2.75) is 26.9 Å². The zero-order chi connectivity index (χ0) is 13.9. The molecule has 0 unspecified atom stereocenters. The first-order chi connectivity index (χ1) is 8.34. The number of nitrogens with zero attached hydrogens (tertiary/aromatic N) is 3. The monoisotopic (exact) mass is 254 g/mol. The molecule has 102 valence electrons. The molecule has 0 aromatic carbocycles. The summed E-state index contributed by atoms with van der Waals surface area (Å²) in [6.07, 6.45) is 0.164. The van der Waals surface area contributed by atoms with Gasteiger partial charge in [0, 0.05) is 20.6 Å². The number of hydrogen-bond donors (Lipinski definition) is 1. The highest BCUT2D eigenvalue weighted by Crippen LogP contribution is 2.16. The fourth-order valence-electron chi connectivity index (χ4n) is 1.64. The highest BCUT2D eigenvalue weighted by Gasteiger charge is 2.21. The van der Waals surface area contributed by atoms with Gasteiger partial charge in [-0.25, -0.2) is 0 Å². The van der Waals surface area contributed by atoms with Crippen LogP contribution >= 0.6 is 0 Å². The number of rotatable bonds is 5. The molecule has 0 spiro atoms. The third kappa shape index (κ3) is 3.22. The summed E-state index contributed by atoms with van der Waals surface area (Å²) in [5.41, 5.74) is 7.40. The molecular weight excluding hydrogens is 232 g/mol. The molecule has 0 radical (unpaired) electrons. The van der Waals surface area contributed by atoms with Crippen molar-refractivity contribution in [2.24, 2.45) is 7.05 Å². The third-order valence-corrected chi connectivity index (χ3v) is 2.70. The Hall–Kier alpha value is -1.56. The first-order valence-corrected chi connectivity index (χ1v) is 6.00. The van der Waals surface area contributed by atoms with E-state index in [4.69, 9.17) is 10.5 Å². The lowest BCUT2D eigenvalue weighted by Gasteiger charge is -2.18. The van der Waals surface area contributed by atoms with Crippen LogP contribution in [0, 0.1) is 6.92 Å². The standard InChI is InChI=1S/C12H22N4O2/c1-8(2)18-7-6-15(4)12(17)11-10(13)9(3)14-16(11)5/h8H,6-7,13H2,1-5H3. The Balaban J connectivity index is 2.69. The average Bonchev–Trinajstić information content (AvgIpc) is 2.51. The van der Waals surface area contributed by atoms with E-state index in [-0.39, 0.29) is 12.0 Å². The van der Waals surface area contributed by atoms with Gasteiger partial charge in [0.05, 0.1) is 24.1 Å². The normalized spacial score (nSPS) is 11.0. The minimum atomic E-state index is -0.136. The molecule has 0 saturated carbocycles. The van der Waals surface area contributed by atoms with Gasteiger partial charge in [0.1, 0.15) is 5.69 Å². The van der Waals surface area contributed by atoms with Crippen LogP contribution < -0.4 is 5.73 Å². The Morgan fingerprint density at radius 1 is 1.56 bits per heavy atom. The Kier molecular flexibility index (Phi) is 4.72. The van der Waals surface area contributed by atoms with E-state index in [1.165, 1.54) is 4.68 Å². The zero-order valence-corrected chi connectivity index (χ0v) is 11.7. The smallest absolute Gasteiger partial charge is 0.274 e. The van der Waals surface area contributed by atoms with Crippen LogP contribution in [0.2, 0.25) is 0 Å². The van der Waals surface area contributed by atoms with Crippen LogP contribution in [0.3, 0.4) is 0 Å². The summed E-state index contributed by atoms with van der Waals surface area (Å²) in [5.74, 6) is -0.136. The molecule has 0 aliphatic carbocycles. The topological polar surface area (TPSA) is 73.4 Å². The third-order valence-electron chi connectivity index (χ3n) is 2.70. The molecule has 1 heterocycles. The van der Waals surface area contributed by atoms with Gasteiger partial charge in [-0.05, 0) is 20.8 Å². The predicted octanol–water partition coefficient (Wildman–Crippen LogP) is 0.808. The summed E-state index contributed by atoms with van der Waals surface area (Å²) in [5, 5.41) is 4.14. The van der Waals surface area contributed by atoms with Crippen molar-refractivity contribution in [1.82, 2.24) is 14.7 Å².